The van der Waals surface area contributed by atoms with Gasteiger partial charge in [0.2, 0.25) is 0 Å². The molecular weight excluding hydrogens is 281 g/mol. The third-order valence-electron chi connectivity index (χ3n) is 2.47. The smallest absolute Gasteiger partial charge is 0.146 e. The van der Waals surface area contributed by atoms with Crippen molar-refractivity contribution >= 4 is 17.3 Å². The Morgan fingerprint density at radius 3 is 2.40 bits per heavy atom. The van der Waals surface area contributed by atoms with Crippen molar-refractivity contribution in [2.24, 2.45) is 0 Å². The Balaban J connectivity index is 2.22. The molecule has 0 atom stereocenters. The number of hydrogen-bond acceptors (Lipinski definition) is 3. The van der Waals surface area contributed by atoms with Crippen LogP contribution in [-0.2, 0) is 0 Å². The Hall–Kier alpha value is -1.94. The van der Waals surface area contributed by atoms with E-state index >= 15 is 0 Å². The summed E-state index contributed by atoms with van der Waals surface area (Å²) in [6, 6.07) is 9.29. The fraction of sp³-hybridized carbons (Fsp3) is 0.200. The van der Waals surface area contributed by atoms with E-state index in [1.54, 1.807) is 24.3 Å². The van der Waals surface area contributed by atoms with E-state index in [0.717, 1.165) is 0 Å². The van der Waals surface area contributed by atoms with Crippen LogP contribution >= 0.6 is 11.6 Å². The molecular formula is C15H15ClFNO2. The van der Waals surface area contributed by atoms with Gasteiger partial charge in [-0.3, -0.25) is 0 Å². The zero-order valence-corrected chi connectivity index (χ0v) is 11.9. The number of halogens is 2. The molecule has 106 valence electrons. The van der Waals surface area contributed by atoms with E-state index in [0.29, 0.717) is 22.9 Å². The summed E-state index contributed by atoms with van der Waals surface area (Å²) in [6.07, 6.45) is 0.000487. The van der Waals surface area contributed by atoms with Crippen LogP contribution in [0.4, 0.5) is 10.1 Å². The molecule has 2 aromatic rings. The molecule has 0 aliphatic rings. The van der Waals surface area contributed by atoms with Crippen molar-refractivity contribution in [3.8, 4) is 17.2 Å². The van der Waals surface area contributed by atoms with Crippen molar-refractivity contribution in [3.63, 3.8) is 0 Å². The normalized spacial score (nSPS) is 10.7. The van der Waals surface area contributed by atoms with E-state index in [4.69, 9.17) is 26.8 Å². The highest BCUT2D eigenvalue weighted by molar-refractivity contribution is 6.30. The number of benzene rings is 2. The first-order chi connectivity index (χ1) is 9.45. The van der Waals surface area contributed by atoms with Crippen molar-refractivity contribution in [2.45, 2.75) is 20.0 Å². The van der Waals surface area contributed by atoms with Crippen molar-refractivity contribution in [1.29, 1.82) is 0 Å². The van der Waals surface area contributed by atoms with Gasteiger partial charge in [0.25, 0.3) is 0 Å². The van der Waals surface area contributed by atoms with Crippen LogP contribution in [0.1, 0.15) is 13.8 Å². The summed E-state index contributed by atoms with van der Waals surface area (Å²) in [4.78, 5) is 0. The van der Waals surface area contributed by atoms with Gasteiger partial charge in [0, 0.05) is 12.1 Å². The van der Waals surface area contributed by atoms with Crippen LogP contribution in [0.15, 0.2) is 36.4 Å². The molecule has 0 heterocycles. The number of hydrogen-bond donors (Lipinski definition) is 1. The third kappa shape index (κ3) is 3.54. The average molecular weight is 296 g/mol. The molecule has 0 amide bonds. The van der Waals surface area contributed by atoms with Gasteiger partial charge < -0.3 is 15.2 Å². The lowest BCUT2D eigenvalue weighted by molar-refractivity contribution is 0.243. The molecule has 20 heavy (non-hydrogen) atoms. The van der Waals surface area contributed by atoms with Crippen LogP contribution in [0.2, 0.25) is 5.02 Å². The Kier molecular flexibility index (Phi) is 4.35. The zero-order valence-electron chi connectivity index (χ0n) is 11.2. The van der Waals surface area contributed by atoms with E-state index in [-0.39, 0.29) is 11.1 Å². The SMILES string of the molecule is CC(C)Oc1cc(Oc2ccc(Cl)c(F)c2)ccc1N. The van der Waals surface area contributed by atoms with Gasteiger partial charge in [-0.2, -0.15) is 0 Å². The van der Waals surface area contributed by atoms with Crippen LogP contribution in [0.5, 0.6) is 17.2 Å². The van der Waals surface area contributed by atoms with E-state index in [1.165, 1.54) is 12.1 Å². The molecule has 0 saturated heterocycles. The molecule has 2 rings (SSSR count). The van der Waals surface area contributed by atoms with Gasteiger partial charge in [0.15, 0.2) is 0 Å². The van der Waals surface area contributed by atoms with E-state index in [2.05, 4.69) is 0 Å². The Morgan fingerprint density at radius 1 is 1.10 bits per heavy atom. The highest BCUT2D eigenvalue weighted by Gasteiger charge is 2.07. The fourth-order valence-electron chi connectivity index (χ4n) is 1.61. The largest absolute Gasteiger partial charge is 0.489 e. The van der Waals surface area contributed by atoms with Crippen LogP contribution in [-0.4, -0.2) is 6.10 Å². The van der Waals surface area contributed by atoms with Gasteiger partial charge in [-0.25, -0.2) is 4.39 Å². The van der Waals surface area contributed by atoms with E-state index in [9.17, 15) is 4.39 Å². The number of rotatable bonds is 4. The third-order valence-corrected chi connectivity index (χ3v) is 2.78. The fourth-order valence-corrected chi connectivity index (χ4v) is 1.73. The standard InChI is InChI=1S/C15H15ClFNO2/c1-9(2)19-15-8-11(4-6-14(15)18)20-10-3-5-12(16)13(17)7-10/h3-9H,18H2,1-2H3. The quantitative estimate of drug-likeness (QED) is 0.836. The monoisotopic (exact) mass is 295 g/mol. The first-order valence-electron chi connectivity index (χ1n) is 6.15. The average Bonchev–Trinajstić information content (AvgIpc) is 2.37. The Morgan fingerprint density at radius 2 is 1.75 bits per heavy atom. The molecule has 0 radical (unpaired) electrons. The van der Waals surface area contributed by atoms with Gasteiger partial charge in [-0.05, 0) is 38.1 Å². The number of ether oxygens (including phenoxy) is 2. The highest BCUT2D eigenvalue weighted by atomic mass is 35.5. The van der Waals surface area contributed by atoms with Gasteiger partial charge in [0.05, 0.1) is 16.8 Å². The van der Waals surface area contributed by atoms with Gasteiger partial charge >= 0.3 is 0 Å². The minimum atomic E-state index is -0.529. The lowest BCUT2D eigenvalue weighted by atomic mass is 10.2. The minimum absolute atomic E-state index is 0.000487. The first-order valence-corrected chi connectivity index (χ1v) is 6.52. The molecule has 3 nitrogen and oxygen atoms in total. The summed E-state index contributed by atoms with van der Waals surface area (Å²) in [7, 11) is 0. The molecule has 0 fully saturated rings. The molecule has 0 unspecified atom stereocenters. The summed E-state index contributed by atoms with van der Waals surface area (Å²) >= 11 is 5.62. The Labute approximate surface area is 122 Å². The van der Waals surface area contributed by atoms with Gasteiger partial charge in [-0.15, -0.1) is 0 Å². The lowest BCUT2D eigenvalue weighted by Gasteiger charge is -2.14. The molecule has 0 bridgehead atoms. The van der Waals surface area contributed by atoms with E-state index in [1.807, 2.05) is 13.8 Å². The predicted octanol–water partition coefficient (Wildman–Crippen LogP) is 4.64. The van der Waals surface area contributed by atoms with Gasteiger partial charge in [0.1, 0.15) is 23.1 Å². The molecule has 0 aliphatic carbocycles. The zero-order chi connectivity index (χ0) is 14.7. The predicted molar refractivity (Wildman–Crippen MR) is 78.1 cm³/mol. The minimum Gasteiger partial charge on any atom is -0.489 e. The number of nitrogen functional groups attached to an aromatic ring is 1. The van der Waals surface area contributed by atoms with Crippen LogP contribution in [0.3, 0.4) is 0 Å². The first kappa shape index (κ1) is 14.5. The molecule has 0 saturated carbocycles. The number of anilines is 1. The van der Waals surface area contributed by atoms with Crippen molar-refractivity contribution in [1.82, 2.24) is 0 Å². The Bertz CT molecular complexity index is 617. The van der Waals surface area contributed by atoms with Crippen LogP contribution < -0.4 is 15.2 Å². The molecule has 5 heteroatoms. The second-order valence-corrected chi connectivity index (χ2v) is 4.95. The lowest BCUT2D eigenvalue weighted by Crippen LogP contribution is -2.07. The van der Waals surface area contributed by atoms with Crippen molar-refractivity contribution < 1.29 is 13.9 Å². The summed E-state index contributed by atoms with van der Waals surface area (Å²) in [6.45, 7) is 3.81. The maximum absolute atomic E-state index is 13.3. The second-order valence-electron chi connectivity index (χ2n) is 4.54. The topological polar surface area (TPSA) is 44.5 Å². The molecule has 2 aromatic carbocycles. The number of nitrogens with two attached hydrogens (primary N) is 1. The van der Waals surface area contributed by atoms with Crippen molar-refractivity contribution in [2.75, 3.05) is 5.73 Å². The second kappa shape index (κ2) is 6.01. The summed E-state index contributed by atoms with van der Waals surface area (Å²) in [5.41, 5.74) is 6.34. The summed E-state index contributed by atoms with van der Waals surface area (Å²) in [5, 5.41) is 0.0542. The molecule has 0 aromatic heterocycles. The van der Waals surface area contributed by atoms with Gasteiger partial charge in [-0.1, -0.05) is 11.6 Å². The summed E-state index contributed by atoms with van der Waals surface area (Å²) in [5.74, 6) is 0.869. The van der Waals surface area contributed by atoms with Crippen molar-refractivity contribution in [3.05, 3.63) is 47.2 Å². The van der Waals surface area contributed by atoms with Crippen LogP contribution in [0, 0.1) is 5.82 Å². The van der Waals surface area contributed by atoms with Crippen LogP contribution in [0.25, 0.3) is 0 Å². The highest BCUT2D eigenvalue weighted by Crippen LogP contribution is 2.31. The molecule has 2 N–H and O–H groups in total. The maximum atomic E-state index is 13.3. The summed E-state index contributed by atoms with van der Waals surface area (Å²) < 4.78 is 24.5. The molecule has 0 aliphatic heterocycles. The molecule has 0 spiro atoms. The van der Waals surface area contributed by atoms with E-state index < -0.39 is 5.82 Å². The maximum Gasteiger partial charge on any atom is 0.146 e.